The largest absolute Gasteiger partial charge is 0.377 e. The molecule has 106 valence electrons. The molecule has 1 unspecified atom stereocenters. The fourth-order valence-corrected chi connectivity index (χ4v) is 2.86. The summed E-state index contributed by atoms with van der Waals surface area (Å²) in [7, 11) is 0. The van der Waals surface area contributed by atoms with Crippen LogP contribution in [0.3, 0.4) is 0 Å². The van der Waals surface area contributed by atoms with E-state index in [0.29, 0.717) is 6.54 Å². The van der Waals surface area contributed by atoms with E-state index in [0.717, 1.165) is 10.7 Å². The van der Waals surface area contributed by atoms with E-state index in [1.165, 1.54) is 22.3 Å². The minimum atomic E-state index is 0.108. The Morgan fingerprint density at radius 1 is 1.05 bits per heavy atom. The third-order valence-electron chi connectivity index (χ3n) is 3.51. The van der Waals surface area contributed by atoms with Gasteiger partial charge in [0.1, 0.15) is 0 Å². The van der Waals surface area contributed by atoms with Crippen molar-refractivity contribution in [1.82, 2.24) is 0 Å². The summed E-state index contributed by atoms with van der Waals surface area (Å²) in [6.45, 7) is 6.95. The lowest BCUT2D eigenvalue weighted by atomic mass is 9.94. The molecule has 20 heavy (non-hydrogen) atoms. The molecule has 0 aliphatic heterocycles. The highest BCUT2D eigenvalue weighted by Gasteiger charge is 2.15. The Kier molecular flexibility index (Phi) is 4.69. The van der Waals surface area contributed by atoms with E-state index in [2.05, 4.69) is 38.2 Å². The molecular weight excluding hydrogens is 268 g/mol. The van der Waals surface area contributed by atoms with Crippen LogP contribution in [0.4, 0.5) is 5.69 Å². The summed E-state index contributed by atoms with van der Waals surface area (Å²) in [4.78, 5) is 0. The second-order valence-electron chi connectivity index (χ2n) is 5.25. The van der Waals surface area contributed by atoms with Crippen LogP contribution in [-0.4, -0.2) is 6.54 Å². The highest BCUT2D eigenvalue weighted by molar-refractivity contribution is 6.30. The smallest absolute Gasteiger partial charge is 0.0641 e. The standard InChI is InChI=1S/C17H21ClN2/c1-11-8-12(2)17(13(3)9-11)16(10-19)20-15-6-4-14(18)5-7-15/h4-9,16,20H,10,19H2,1-3H3. The third-order valence-corrected chi connectivity index (χ3v) is 3.76. The molecule has 0 aliphatic carbocycles. The van der Waals surface area contributed by atoms with Crippen molar-refractivity contribution in [2.75, 3.05) is 11.9 Å². The van der Waals surface area contributed by atoms with E-state index < -0.39 is 0 Å². The number of nitrogens with two attached hydrogens (primary N) is 1. The Balaban J connectivity index is 2.31. The molecule has 0 heterocycles. The molecule has 0 bridgehead atoms. The van der Waals surface area contributed by atoms with Crippen LogP contribution in [0.2, 0.25) is 5.02 Å². The topological polar surface area (TPSA) is 38.0 Å². The lowest BCUT2D eigenvalue weighted by molar-refractivity contribution is 0.776. The van der Waals surface area contributed by atoms with Gasteiger partial charge in [-0.2, -0.15) is 0 Å². The van der Waals surface area contributed by atoms with Crippen LogP contribution in [0.15, 0.2) is 36.4 Å². The van der Waals surface area contributed by atoms with Gasteiger partial charge in [0.2, 0.25) is 0 Å². The number of nitrogens with one attached hydrogen (secondary N) is 1. The SMILES string of the molecule is Cc1cc(C)c(C(CN)Nc2ccc(Cl)cc2)c(C)c1. The summed E-state index contributed by atoms with van der Waals surface area (Å²) < 4.78 is 0. The van der Waals surface area contributed by atoms with Crippen molar-refractivity contribution >= 4 is 17.3 Å². The second-order valence-corrected chi connectivity index (χ2v) is 5.69. The predicted molar refractivity (Wildman–Crippen MR) is 87.5 cm³/mol. The molecule has 2 aromatic rings. The fourth-order valence-electron chi connectivity index (χ4n) is 2.74. The molecule has 0 spiro atoms. The van der Waals surface area contributed by atoms with E-state index in [1.807, 2.05) is 24.3 Å². The first-order valence-electron chi connectivity index (χ1n) is 6.81. The number of hydrogen-bond donors (Lipinski definition) is 2. The Morgan fingerprint density at radius 3 is 2.10 bits per heavy atom. The summed E-state index contributed by atoms with van der Waals surface area (Å²) in [6.07, 6.45) is 0. The van der Waals surface area contributed by atoms with Crippen molar-refractivity contribution in [2.45, 2.75) is 26.8 Å². The number of halogens is 1. The quantitative estimate of drug-likeness (QED) is 0.876. The number of rotatable bonds is 4. The van der Waals surface area contributed by atoms with Gasteiger partial charge in [-0.05, 0) is 61.7 Å². The summed E-state index contributed by atoms with van der Waals surface area (Å²) in [5.74, 6) is 0. The van der Waals surface area contributed by atoms with E-state index in [9.17, 15) is 0 Å². The van der Waals surface area contributed by atoms with Crippen molar-refractivity contribution < 1.29 is 0 Å². The number of hydrogen-bond acceptors (Lipinski definition) is 2. The first-order valence-corrected chi connectivity index (χ1v) is 7.19. The molecule has 0 aromatic heterocycles. The van der Waals surface area contributed by atoms with Crippen LogP contribution in [0.1, 0.15) is 28.3 Å². The Morgan fingerprint density at radius 2 is 1.60 bits per heavy atom. The molecule has 1 atom stereocenters. The monoisotopic (exact) mass is 288 g/mol. The minimum absolute atomic E-state index is 0.108. The third kappa shape index (κ3) is 3.33. The number of benzene rings is 2. The Hall–Kier alpha value is -1.51. The van der Waals surface area contributed by atoms with Gasteiger partial charge in [0.05, 0.1) is 6.04 Å². The van der Waals surface area contributed by atoms with Crippen molar-refractivity contribution in [3.05, 3.63) is 63.7 Å². The van der Waals surface area contributed by atoms with Gasteiger partial charge in [-0.25, -0.2) is 0 Å². The minimum Gasteiger partial charge on any atom is -0.377 e. The normalized spacial score (nSPS) is 12.2. The predicted octanol–water partition coefficient (Wildman–Crippen LogP) is 4.38. The van der Waals surface area contributed by atoms with E-state index in [1.54, 1.807) is 0 Å². The van der Waals surface area contributed by atoms with Gasteiger partial charge in [0.15, 0.2) is 0 Å². The van der Waals surface area contributed by atoms with Gasteiger partial charge in [-0.15, -0.1) is 0 Å². The Labute approximate surface area is 126 Å². The summed E-state index contributed by atoms with van der Waals surface area (Å²) >= 11 is 5.91. The first-order chi connectivity index (χ1) is 9.51. The zero-order chi connectivity index (χ0) is 14.7. The van der Waals surface area contributed by atoms with E-state index in [4.69, 9.17) is 17.3 Å². The molecule has 0 fully saturated rings. The Bertz CT molecular complexity index is 567. The van der Waals surface area contributed by atoms with E-state index >= 15 is 0 Å². The molecule has 0 aliphatic rings. The van der Waals surface area contributed by atoms with Gasteiger partial charge in [0.25, 0.3) is 0 Å². The summed E-state index contributed by atoms with van der Waals surface area (Å²) in [5, 5.41) is 4.23. The van der Waals surface area contributed by atoms with Crippen molar-refractivity contribution in [2.24, 2.45) is 5.73 Å². The van der Waals surface area contributed by atoms with Crippen LogP contribution < -0.4 is 11.1 Å². The lowest BCUT2D eigenvalue weighted by Crippen LogP contribution is -2.22. The molecule has 2 aromatic carbocycles. The maximum Gasteiger partial charge on any atom is 0.0641 e. The van der Waals surface area contributed by atoms with Crippen LogP contribution in [-0.2, 0) is 0 Å². The van der Waals surface area contributed by atoms with Gasteiger partial charge in [0, 0.05) is 17.3 Å². The average Bonchev–Trinajstić information content (AvgIpc) is 2.38. The molecule has 0 saturated heterocycles. The fraction of sp³-hybridized carbons (Fsp3) is 0.294. The van der Waals surface area contributed by atoms with Gasteiger partial charge in [-0.3, -0.25) is 0 Å². The average molecular weight is 289 g/mol. The van der Waals surface area contributed by atoms with Crippen molar-refractivity contribution in [3.8, 4) is 0 Å². The van der Waals surface area contributed by atoms with Crippen LogP contribution in [0.25, 0.3) is 0 Å². The molecule has 3 N–H and O–H groups in total. The first kappa shape index (κ1) is 14.9. The highest BCUT2D eigenvalue weighted by Crippen LogP contribution is 2.26. The summed E-state index contributed by atoms with van der Waals surface area (Å²) in [5.41, 5.74) is 12.1. The molecule has 0 radical (unpaired) electrons. The second kappa shape index (κ2) is 6.29. The molecule has 2 rings (SSSR count). The van der Waals surface area contributed by atoms with Gasteiger partial charge >= 0.3 is 0 Å². The van der Waals surface area contributed by atoms with Crippen molar-refractivity contribution in [3.63, 3.8) is 0 Å². The highest BCUT2D eigenvalue weighted by atomic mass is 35.5. The van der Waals surface area contributed by atoms with Crippen molar-refractivity contribution in [1.29, 1.82) is 0 Å². The maximum atomic E-state index is 5.97. The molecule has 2 nitrogen and oxygen atoms in total. The molecule has 0 saturated carbocycles. The van der Waals surface area contributed by atoms with Crippen LogP contribution in [0.5, 0.6) is 0 Å². The zero-order valence-corrected chi connectivity index (χ0v) is 13.0. The van der Waals surface area contributed by atoms with Crippen LogP contribution >= 0.6 is 11.6 Å². The number of anilines is 1. The lowest BCUT2D eigenvalue weighted by Gasteiger charge is -2.23. The number of aryl methyl sites for hydroxylation is 3. The molecule has 0 amide bonds. The van der Waals surface area contributed by atoms with Gasteiger partial charge in [-0.1, -0.05) is 29.3 Å². The molecular formula is C17H21ClN2. The van der Waals surface area contributed by atoms with E-state index in [-0.39, 0.29) is 6.04 Å². The summed E-state index contributed by atoms with van der Waals surface area (Å²) in [6, 6.07) is 12.2. The zero-order valence-electron chi connectivity index (χ0n) is 12.2. The molecule has 3 heteroatoms. The van der Waals surface area contributed by atoms with Crippen LogP contribution in [0, 0.1) is 20.8 Å². The van der Waals surface area contributed by atoms with Gasteiger partial charge < -0.3 is 11.1 Å². The maximum absolute atomic E-state index is 5.97.